The van der Waals surface area contributed by atoms with E-state index in [4.69, 9.17) is 4.42 Å². The zero-order chi connectivity index (χ0) is 11.8. The van der Waals surface area contributed by atoms with E-state index in [1.165, 1.54) is 0 Å². The van der Waals surface area contributed by atoms with Gasteiger partial charge in [0.2, 0.25) is 0 Å². The normalized spacial score (nSPS) is 14.8. The highest BCUT2D eigenvalue weighted by Crippen LogP contribution is 2.30. The molecule has 0 saturated carbocycles. The number of halogens is 1. The highest BCUT2D eigenvalue weighted by molar-refractivity contribution is 9.10. The van der Waals surface area contributed by atoms with E-state index >= 15 is 0 Å². The second kappa shape index (κ2) is 4.07. The number of aryl methyl sites for hydroxylation is 1. The standard InChI is InChI=1S/C13H13BrO2/c1-9-3-8-12(16-9)13(2,15)10-4-6-11(14)7-5-10/h3-8,15H,1-2H3. The van der Waals surface area contributed by atoms with Crippen molar-refractivity contribution in [2.75, 3.05) is 0 Å². The minimum absolute atomic E-state index is 0.562. The molecule has 2 aromatic rings. The van der Waals surface area contributed by atoms with E-state index in [1.807, 2.05) is 37.3 Å². The van der Waals surface area contributed by atoms with Crippen LogP contribution in [0.1, 0.15) is 24.0 Å². The van der Waals surface area contributed by atoms with Crippen LogP contribution < -0.4 is 0 Å². The molecule has 0 bridgehead atoms. The molecule has 1 N–H and O–H groups in total. The molecule has 2 nitrogen and oxygen atoms in total. The van der Waals surface area contributed by atoms with Gasteiger partial charge < -0.3 is 9.52 Å². The highest BCUT2D eigenvalue weighted by atomic mass is 79.9. The third-order valence-corrected chi connectivity index (χ3v) is 3.16. The van der Waals surface area contributed by atoms with Crippen molar-refractivity contribution in [1.82, 2.24) is 0 Å². The first-order valence-electron chi connectivity index (χ1n) is 5.05. The Bertz CT molecular complexity index is 483. The molecule has 0 amide bonds. The molecular formula is C13H13BrO2. The predicted octanol–water partition coefficient (Wildman–Crippen LogP) is 3.61. The molecule has 1 unspecified atom stereocenters. The predicted molar refractivity (Wildman–Crippen MR) is 66.3 cm³/mol. The van der Waals surface area contributed by atoms with Gasteiger partial charge in [-0.25, -0.2) is 0 Å². The van der Waals surface area contributed by atoms with E-state index in [2.05, 4.69) is 15.9 Å². The van der Waals surface area contributed by atoms with Gasteiger partial charge in [0.1, 0.15) is 17.1 Å². The monoisotopic (exact) mass is 280 g/mol. The maximum atomic E-state index is 10.5. The van der Waals surface area contributed by atoms with Crippen molar-refractivity contribution in [3.05, 3.63) is 58.0 Å². The smallest absolute Gasteiger partial charge is 0.144 e. The largest absolute Gasteiger partial charge is 0.463 e. The zero-order valence-electron chi connectivity index (χ0n) is 9.20. The van der Waals surface area contributed by atoms with Crippen molar-refractivity contribution < 1.29 is 9.52 Å². The maximum absolute atomic E-state index is 10.5. The topological polar surface area (TPSA) is 33.4 Å². The van der Waals surface area contributed by atoms with E-state index in [9.17, 15) is 5.11 Å². The van der Waals surface area contributed by atoms with Gasteiger partial charge in [-0.15, -0.1) is 0 Å². The molecule has 0 radical (unpaired) electrons. The van der Waals surface area contributed by atoms with Crippen molar-refractivity contribution in [3.8, 4) is 0 Å². The molecule has 1 aromatic carbocycles. The second-order valence-corrected chi connectivity index (χ2v) is 4.91. The number of aliphatic hydroxyl groups is 1. The van der Waals surface area contributed by atoms with Gasteiger partial charge in [0, 0.05) is 4.47 Å². The molecule has 84 valence electrons. The second-order valence-electron chi connectivity index (χ2n) is 3.99. The summed E-state index contributed by atoms with van der Waals surface area (Å²) in [5.41, 5.74) is -0.278. The lowest BCUT2D eigenvalue weighted by Gasteiger charge is -2.21. The van der Waals surface area contributed by atoms with E-state index in [0.29, 0.717) is 5.76 Å². The molecule has 3 heteroatoms. The van der Waals surface area contributed by atoms with E-state index in [0.717, 1.165) is 15.8 Å². The summed E-state index contributed by atoms with van der Waals surface area (Å²) in [4.78, 5) is 0. The molecule has 0 spiro atoms. The summed E-state index contributed by atoms with van der Waals surface area (Å²) in [6.45, 7) is 3.59. The van der Waals surface area contributed by atoms with Crippen molar-refractivity contribution in [2.24, 2.45) is 0 Å². The Labute approximate surface area is 103 Å². The van der Waals surface area contributed by atoms with Crippen LogP contribution in [0.2, 0.25) is 0 Å². The van der Waals surface area contributed by atoms with E-state index < -0.39 is 5.60 Å². The fraction of sp³-hybridized carbons (Fsp3) is 0.231. The number of furan rings is 1. The molecule has 0 saturated heterocycles. The Balaban J connectivity index is 2.42. The lowest BCUT2D eigenvalue weighted by Crippen LogP contribution is -2.21. The summed E-state index contributed by atoms with van der Waals surface area (Å²) in [6.07, 6.45) is 0. The van der Waals surface area contributed by atoms with Crippen LogP contribution in [-0.2, 0) is 5.60 Å². The number of hydrogen-bond acceptors (Lipinski definition) is 2. The van der Waals surface area contributed by atoms with Crippen LogP contribution in [0.5, 0.6) is 0 Å². The van der Waals surface area contributed by atoms with Crippen LogP contribution in [0.3, 0.4) is 0 Å². The van der Waals surface area contributed by atoms with Gasteiger partial charge in [-0.05, 0) is 43.7 Å². The Morgan fingerprint density at radius 2 is 1.75 bits per heavy atom. The minimum Gasteiger partial charge on any atom is -0.463 e. The van der Waals surface area contributed by atoms with Crippen LogP contribution in [0.25, 0.3) is 0 Å². The summed E-state index contributed by atoms with van der Waals surface area (Å²) >= 11 is 3.37. The SMILES string of the molecule is Cc1ccc(C(C)(O)c2ccc(Br)cc2)o1. The quantitative estimate of drug-likeness (QED) is 0.912. The number of hydrogen-bond donors (Lipinski definition) is 1. The Morgan fingerprint density at radius 3 is 2.25 bits per heavy atom. The van der Waals surface area contributed by atoms with Gasteiger partial charge in [0.15, 0.2) is 0 Å². The van der Waals surface area contributed by atoms with Crippen LogP contribution in [0.4, 0.5) is 0 Å². The van der Waals surface area contributed by atoms with Gasteiger partial charge in [-0.1, -0.05) is 28.1 Å². The average molecular weight is 281 g/mol. The van der Waals surface area contributed by atoms with Crippen molar-refractivity contribution in [1.29, 1.82) is 0 Å². The molecule has 0 fully saturated rings. The van der Waals surface area contributed by atoms with E-state index in [1.54, 1.807) is 13.0 Å². The van der Waals surface area contributed by atoms with Gasteiger partial charge in [0.05, 0.1) is 0 Å². The third-order valence-electron chi connectivity index (χ3n) is 2.63. The molecule has 16 heavy (non-hydrogen) atoms. The summed E-state index contributed by atoms with van der Waals surface area (Å²) in [6, 6.07) is 11.2. The lowest BCUT2D eigenvalue weighted by atomic mass is 9.94. The summed E-state index contributed by atoms with van der Waals surface area (Å²) in [5.74, 6) is 1.36. The molecule has 1 atom stereocenters. The summed E-state index contributed by atoms with van der Waals surface area (Å²) in [5, 5.41) is 10.5. The maximum Gasteiger partial charge on any atom is 0.144 e. The first-order chi connectivity index (χ1) is 7.50. The minimum atomic E-state index is -1.09. The van der Waals surface area contributed by atoms with Crippen molar-refractivity contribution in [3.63, 3.8) is 0 Å². The third kappa shape index (κ3) is 2.06. The number of benzene rings is 1. The molecule has 0 aliphatic rings. The van der Waals surface area contributed by atoms with Crippen molar-refractivity contribution >= 4 is 15.9 Å². The Hall–Kier alpha value is -1.06. The Kier molecular flexibility index (Phi) is 2.91. The summed E-state index contributed by atoms with van der Waals surface area (Å²) in [7, 11) is 0. The fourth-order valence-electron chi connectivity index (χ4n) is 1.61. The van der Waals surface area contributed by atoms with Gasteiger partial charge in [-0.3, -0.25) is 0 Å². The van der Waals surface area contributed by atoms with Gasteiger partial charge in [-0.2, -0.15) is 0 Å². The van der Waals surface area contributed by atoms with Gasteiger partial charge >= 0.3 is 0 Å². The molecule has 1 aromatic heterocycles. The first-order valence-corrected chi connectivity index (χ1v) is 5.85. The summed E-state index contributed by atoms with van der Waals surface area (Å²) < 4.78 is 6.46. The molecule has 0 aliphatic heterocycles. The van der Waals surface area contributed by atoms with Crippen LogP contribution >= 0.6 is 15.9 Å². The molecule has 1 heterocycles. The zero-order valence-corrected chi connectivity index (χ0v) is 10.8. The molecular weight excluding hydrogens is 268 g/mol. The highest BCUT2D eigenvalue weighted by Gasteiger charge is 2.28. The number of rotatable bonds is 2. The van der Waals surface area contributed by atoms with E-state index in [-0.39, 0.29) is 0 Å². The molecule has 0 aliphatic carbocycles. The van der Waals surface area contributed by atoms with Crippen LogP contribution in [0.15, 0.2) is 45.3 Å². The van der Waals surface area contributed by atoms with Gasteiger partial charge in [0.25, 0.3) is 0 Å². The lowest BCUT2D eigenvalue weighted by molar-refractivity contribution is 0.0757. The first kappa shape index (κ1) is 11.4. The average Bonchev–Trinajstić information content (AvgIpc) is 2.66. The fourth-order valence-corrected chi connectivity index (χ4v) is 1.88. The Morgan fingerprint density at radius 1 is 1.12 bits per heavy atom. The molecule has 2 rings (SSSR count). The van der Waals surface area contributed by atoms with Crippen molar-refractivity contribution in [2.45, 2.75) is 19.4 Å². The van der Waals surface area contributed by atoms with Crippen LogP contribution in [0, 0.1) is 6.92 Å². The van der Waals surface area contributed by atoms with Crippen LogP contribution in [-0.4, -0.2) is 5.11 Å².